The van der Waals surface area contributed by atoms with Gasteiger partial charge in [0.1, 0.15) is 0 Å². The number of likely N-dealkylation sites (tertiary alicyclic amines) is 1. The van der Waals surface area contributed by atoms with E-state index < -0.39 is 5.60 Å². The highest BCUT2D eigenvalue weighted by Crippen LogP contribution is 2.33. The number of ether oxygens (including phenoxy) is 1. The van der Waals surface area contributed by atoms with E-state index in [1.165, 1.54) is 0 Å². The number of hydrogen-bond acceptors (Lipinski definition) is 3. The zero-order chi connectivity index (χ0) is 10.7. The van der Waals surface area contributed by atoms with Gasteiger partial charge in [-0.25, -0.2) is 0 Å². The normalized spacial score (nSPS) is 34.1. The lowest BCUT2D eigenvalue weighted by Gasteiger charge is -2.31. The van der Waals surface area contributed by atoms with Crippen molar-refractivity contribution in [1.29, 1.82) is 0 Å². The fraction of sp³-hybridized carbons (Fsp3) is 0.833. The van der Waals surface area contributed by atoms with Gasteiger partial charge in [0.2, 0.25) is 0 Å². The third-order valence-electron chi connectivity index (χ3n) is 3.57. The van der Waals surface area contributed by atoms with Crippen LogP contribution in [0.5, 0.6) is 0 Å². The number of hydrogen-bond donors (Lipinski definition) is 1. The molecule has 1 unspecified atom stereocenters. The van der Waals surface area contributed by atoms with Crippen LogP contribution in [-0.2, 0) is 4.74 Å². The molecule has 0 radical (unpaired) electrons. The summed E-state index contributed by atoms with van der Waals surface area (Å²) in [7, 11) is 2.12. The predicted molar refractivity (Wildman–Crippen MR) is 59.6 cm³/mol. The molecule has 86 valence electrons. The zero-order valence-electron chi connectivity index (χ0n) is 9.54. The summed E-state index contributed by atoms with van der Waals surface area (Å²) in [6.45, 7) is 2.88. The molecule has 2 aliphatic rings. The highest BCUT2D eigenvalue weighted by Gasteiger charge is 2.34. The summed E-state index contributed by atoms with van der Waals surface area (Å²) in [4.78, 5) is 2.29. The molecule has 2 aliphatic heterocycles. The maximum absolute atomic E-state index is 10.6. The molecule has 15 heavy (non-hydrogen) atoms. The Hall–Kier alpha value is -0.540. The largest absolute Gasteiger partial charge is 0.501 e. The van der Waals surface area contributed by atoms with E-state index in [0.29, 0.717) is 0 Å². The molecule has 0 aromatic heterocycles. The molecule has 0 spiro atoms. The molecule has 1 N–H and O–H groups in total. The molecule has 0 aliphatic carbocycles. The van der Waals surface area contributed by atoms with Gasteiger partial charge in [-0.1, -0.05) is 0 Å². The number of nitrogens with zero attached hydrogens (tertiary/aromatic N) is 1. The average Bonchev–Trinajstić information content (AvgIpc) is 2.44. The van der Waals surface area contributed by atoms with Crippen molar-refractivity contribution in [3.05, 3.63) is 11.8 Å². The summed E-state index contributed by atoms with van der Waals surface area (Å²) >= 11 is 0. The Balaban J connectivity index is 2.06. The Morgan fingerprint density at radius 2 is 2.20 bits per heavy atom. The van der Waals surface area contributed by atoms with E-state index in [1.807, 2.05) is 0 Å². The van der Waals surface area contributed by atoms with Gasteiger partial charge in [0.15, 0.2) is 0 Å². The van der Waals surface area contributed by atoms with Crippen LogP contribution >= 0.6 is 0 Å². The van der Waals surface area contributed by atoms with Crippen LogP contribution < -0.4 is 0 Å². The first-order valence-corrected chi connectivity index (χ1v) is 5.93. The molecule has 1 saturated heterocycles. The lowest BCUT2D eigenvalue weighted by Crippen LogP contribution is -2.33. The molecule has 0 aromatic carbocycles. The third kappa shape index (κ3) is 2.52. The molecule has 3 nitrogen and oxygen atoms in total. The minimum absolute atomic E-state index is 0.592. The lowest BCUT2D eigenvalue weighted by molar-refractivity contribution is 0.0486. The van der Waals surface area contributed by atoms with Gasteiger partial charge in [-0.3, -0.25) is 0 Å². The standard InChI is InChI=1S/C12H21NO2/c1-13-7-3-5-12(14,6-8-13)11-4-2-9-15-10-11/h10,14H,2-9H2,1H3. The van der Waals surface area contributed by atoms with Crippen LogP contribution in [0.25, 0.3) is 0 Å². The molecular formula is C12H21NO2. The Labute approximate surface area is 91.7 Å². The van der Waals surface area contributed by atoms with E-state index in [4.69, 9.17) is 4.74 Å². The molecule has 1 atom stereocenters. The van der Waals surface area contributed by atoms with Crippen molar-refractivity contribution in [2.75, 3.05) is 26.7 Å². The zero-order valence-corrected chi connectivity index (χ0v) is 9.54. The summed E-state index contributed by atoms with van der Waals surface area (Å²) in [5, 5.41) is 10.6. The highest BCUT2D eigenvalue weighted by atomic mass is 16.5. The Morgan fingerprint density at radius 3 is 2.93 bits per heavy atom. The second-order valence-electron chi connectivity index (χ2n) is 4.81. The smallest absolute Gasteiger partial charge is 0.0901 e. The van der Waals surface area contributed by atoms with Gasteiger partial charge >= 0.3 is 0 Å². The van der Waals surface area contributed by atoms with Crippen molar-refractivity contribution in [2.45, 2.75) is 37.7 Å². The number of rotatable bonds is 1. The van der Waals surface area contributed by atoms with Crippen LogP contribution in [0.1, 0.15) is 32.1 Å². The predicted octanol–water partition coefficient (Wildman–Crippen LogP) is 1.53. The molecule has 1 fully saturated rings. The summed E-state index contributed by atoms with van der Waals surface area (Å²) in [6.07, 6.45) is 6.65. The van der Waals surface area contributed by atoms with Crippen LogP contribution in [0.2, 0.25) is 0 Å². The lowest BCUT2D eigenvalue weighted by atomic mass is 9.84. The van der Waals surface area contributed by atoms with Gasteiger partial charge in [0, 0.05) is 6.54 Å². The summed E-state index contributed by atoms with van der Waals surface area (Å²) in [6, 6.07) is 0. The highest BCUT2D eigenvalue weighted by molar-refractivity contribution is 5.16. The van der Waals surface area contributed by atoms with E-state index in [1.54, 1.807) is 6.26 Å². The van der Waals surface area contributed by atoms with Crippen LogP contribution in [-0.4, -0.2) is 42.4 Å². The fourth-order valence-electron chi connectivity index (χ4n) is 2.48. The SMILES string of the molecule is CN1CCCC(O)(C2=COCCC2)CC1. The van der Waals surface area contributed by atoms with Crippen LogP contribution in [0.3, 0.4) is 0 Å². The van der Waals surface area contributed by atoms with Gasteiger partial charge in [0.05, 0.1) is 18.5 Å². The molecule has 0 bridgehead atoms. The topological polar surface area (TPSA) is 32.7 Å². The quantitative estimate of drug-likeness (QED) is 0.714. The molecular weight excluding hydrogens is 190 g/mol. The fourth-order valence-corrected chi connectivity index (χ4v) is 2.48. The van der Waals surface area contributed by atoms with E-state index in [0.717, 1.165) is 57.4 Å². The van der Waals surface area contributed by atoms with Crippen LogP contribution in [0.4, 0.5) is 0 Å². The van der Waals surface area contributed by atoms with Gasteiger partial charge in [-0.15, -0.1) is 0 Å². The molecule has 3 heteroatoms. The van der Waals surface area contributed by atoms with E-state index in [9.17, 15) is 5.11 Å². The number of aliphatic hydroxyl groups is 1. The summed E-state index contributed by atoms with van der Waals surface area (Å²) < 4.78 is 5.33. The second-order valence-corrected chi connectivity index (χ2v) is 4.81. The Bertz CT molecular complexity index is 252. The summed E-state index contributed by atoms with van der Waals surface area (Å²) in [5.74, 6) is 0. The van der Waals surface area contributed by atoms with Crippen LogP contribution in [0.15, 0.2) is 11.8 Å². The van der Waals surface area contributed by atoms with Crippen molar-refractivity contribution in [3.63, 3.8) is 0 Å². The molecule has 0 saturated carbocycles. The van der Waals surface area contributed by atoms with Crippen molar-refractivity contribution >= 4 is 0 Å². The van der Waals surface area contributed by atoms with Crippen molar-refractivity contribution in [1.82, 2.24) is 4.90 Å². The third-order valence-corrected chi connectivity index (χ3v) is 3.57. The molecule has 2 heterocycles. The van der Waals surface area contributed by atoms with Gasteiger partial charge < -0.3 is 14.7 Å². The van der Waals surface area contributed by atoms with Crippen molar-refractivity contribution < 1.29 is 9.84 Å². The van der Waals surface area contributed by atoms with E-state index in [-0.39, 0.29) is 0 Å². The van der Waals surface area contributed by atoms with Crippen molar-refractivity contribution in [2.24, 2.45) is 0 Å². The molecule has 0 aromatic rings. The van der Waals surface area contributed by atoms with Crippen LogP contribution in [0, 0.1) is 0 Å². The minimum atomic E-state index is -0.592. The monoisotopic (exact) mass is 211 g/mol. The first-order valence-electron chi connectivity index (χ1n) is 5.93. The molecule has 2 rings (SSSR count). The maximum Gasteiger partial charge on any atom is 0.0901 e. The summed E-state index contributed by atoms with van der Waals surface area (Å²) in [5.41, 5.74) is 0.523. The van der Waals surface area contributed by atoms with Gasteiger partial charge in [0.25, 0.3) is 0 Å². The average molecular weight is 211 g/mol. The van der Waals surface area contributed by atoms with E-state index in [2.05, 4.69) is 11.9 Å². The first-order chi connectivity index (χ1) is 7.21. The molecule has 0 amide bonds. The van der Waals surface area contributed by atoms with Gasteiger partial charge in [-0.05, 0) is 51.3 Å². The Morgan fingerprint density at radius 1 is 1.33 bits per heavy atom. The minimum Gasteiger partial charge on any atom is -0.501 e. The van der Waals surface area contributed by atoms with Crippen molar-refractivity contribution in [3.8, 4) is 0 Å². The second kappa shape index (κ2) is 4.54. The van der Waals surface area contributed by atoms with E-state index >= 15 is 0 Å². The van der Waals surface area contributed by atoms with Gasteiger partial charge in [-0.2, -0.15) is 0 Å². The Kier molecular flexibility index (Phi) is 3.32. The maximum atomic E-state index is 10.6. The first kappa shape index (κ1) is 11.0.